The molecule has 7 nitrogen and oxygen atoms in total. The fraction of sp³-hybridized carbons (Fsp3) is 0.130. The Balaban J connectivity index is 1.88. The average molecular weight is 508 g/mol. The van der Waals surface area contributed by atoms with E-state index in [1.54, 1.807) is 0 Å². The van der Waals surface area contributed by atoms with Crippen LogP contribution in [0.5, 0.6) is 5.75 Å². The van der Waals surface area contributed by atoms with E-state index in [0.29, 0.717) is 6.07 Å². The van der Waals surface area contributed by atoms with Crippen LogP contribution in [-0.2, 0) is 19.0 Å². The fourth-order valence-corrected chi connectivity index (χ4v) is 3.45. The highest BCUT2D eigenvalue weighted by Crippen LogP contribution is 2.44. The Bertz CT molecular complexity index is 1400. The molecule has 3 aromatic carbocycles. The van der Waals surface area contributed by atoms with Crippen molar-refractivity contribution in [3.8, 4) is 28.0 Å². The number of carbonyl (C=O) groups is 1. The van der Waals surface area contributed by atoms with E-state index in [1.807, 2.05) is 0 Å². The maximum absolute atomic E-state index is 13.9. The molecule has 1 aromatic heterocycles. The Morgan fingerprint density at radius 3 is 2.17 bits per heavy atom. The van der Waals surface area contributed by atoms with Crippen molar-refractivity contribution in [3.05, 3.63) is 83.2 Å². The summed E-state index contributed by atoms with van der Waals surface area (Å²) in [6.07, 6.45) is -9.59. The first-order chi connectivity index (χ1) is 16.9. The third-order valence-electron chi connectivity index (χ3n) is 5.07. The lowest BCUT2D eigenvalue weighted by Crippen LogP contribution is -2.12. The lowest BCUT2D eigenvalue weighted by Gasteiger charge is -2.19. The number of nitrogens with zero attached hydrogens (tertiary/aromatic N) is 3. The number of halogens is 6. The van der Waals surface area contributed by atoms with Crippen molar-refractivity contribution in [1.82, 2.24) is 20.6 Å². The van der Waals surface area contributed by atoms with Gasteiger partial charge in [0.15, 0.2) is 6.61 Å². The zero-order valence-corrected chi connectivity index (χ0v) is 17.9. The molecular formula is C23H14F6N4O3. The highest BCUT2D eigenvalue weighted by atomic mass is 19.4. The zero-order valence-electron chi connectivity index (χ0n) is 17.9. The van der Waals surface area contributed by atoms with Gasteiger partial charge in [0.25, 0.3) is 0 Å². The van der Waals surface area contributed by atoms with E-state index in [9.17, 15) is 36.2 Å². The number of rotatable bonds is 6. The van der Waals surface area contributed by atoms with Crippen LogP contribution in [0.1, 0.15) is 27.3 Å². The molecule has 36 heavy (non-hydrogen) atoms. The molecule has 0 bridgehead atoms. The summed E-state index contributed by atoms with van der Waals surface area (Å²) in [5.74, 6) is -2.37. The van der Waals surface area contributed by atoms with Gasteiger partial charge in [0.1, 0.15) is 5.75 Å². The first-order valence-corrected chi connectivity index (χ1v) is 10.0. The molecule has 0 unspecified atom stereocenters. The number of alkyl halides is 6. The number of aromatic nitrogens is 4. The largest absolute Gasteiger partial charge is 0.484 e. The summed E-state index contributed by atoms with van der Waals surface area (Å²) in [6.45, 7) is -0.522. The van der Waals surface area contributed by atoms with Crippen LogP contribution in [0.4, 0.5) is 26.3 Å². The van der Waals surface area contributed by atoms with Gasteiger partial charge in [0, 0.05) is 5.56 Å². The second-order valence-electron chi connectivity index (χ2n) is 7.48. The maximum Gasteiger partial charge on any atom is 0.420 e. The molecule has 4 aromatic rings. The monoisotopic (exact) mass is 508 g/mol. The molecule has 0 aliphatic rings. The van der Waals surface area contributed by atoms with E-state index in [2.05, 4.69) is 20.6 Å². The Labute approximate surface area is 198 Å². The van der Waals surface area contributed by atoms with Crippen LogP contribution in [-0.4, -0.2) is 31.7 Å². The predicted octanol–water partition coefficient (Wildman–Crippen LogP) is 5.85. The summed E-state index contributed by atoms with van der Waals surface area (Å²) >= 11 is 0. The molecule has 0 atom stereocenters. The molecule has 2 N–H and O–H groups in total. The van der Waals surface area contributed by atoms with Gasteiger partial charge >= 0.3 is 18.3 Å². The number of benzene rings is 3. The topological polar surface area (TPSA) is 101 Å². The smallest absolute Gasteiger partial charge is 0.420 e. The van der Waals surface area contributed by atoms with E-state index in [-0.39, 0.29) is 28.1 Å². The summed E-state index contributed by atoms with van der Waals surface area (Å²) < 4.78 is 86.7. The first kappa shape index (κ1) is 24.7. The van der Waals surface area contributed by atoms with Crippen LogP contribution in [0, 0.1) is 0 Å². The number of carboxylic acid groups (broad SMARTS) is 1. The molecule has 0 spiro atoms. The van der Waals surface area contributed by atoms with E-state index < -0.39 is 47.4 Å². The van der Waals surface area contributed by atoms with Gasteiger partial charge in [-0.3, -0.25) is 0 Å². The molecule has 13 heteroatoms. The summed E-state index contributed by atoms with van der Waals surface area (Å²) in [7, 11) is 0. The molecule has 0 amide bonds. The Morgan fingerprint density at radius 2 is 1.56 bits per heavy atom. The van der Waals surface area contributed by atoms with Crippen LogP contribution in [0.25, 0.3) is 22.3 Å². The number of aromatic carboxylic acids is 1. The number of nitrogens with one attached hydrogen (secondary N) is 1. The molecule has 186 valence electrons. The lowest BCUT2D eigenvalue weighted by atomic mass is 9.94. The third kappa shape index (κ3) is 5.29. The number of carboxylic acids is 1. The van der Waals surface area contributed by atoms with Gasteiger partial charge in [0.05, 0.1) is 16.7 Å². The number of H-pyrrole nitrogens is 1. The molecule has 1 heterocycles. The number of tetrazole rings is 1. The van der Waals surface area contributed by atoms with Crippen molar-refractivity contribution in [1.29, 1.82) is 0 Å². The van der Waals surface area contributed by atoms with Gasteiger partial charge in [0.2, 0.25) is 5.82 Å². The van der Waals surface area contributed by atoms with Gasteiger partial charge in [-0.2, -0.15) is 31.6 Å². The molecular weight excluding hydrogens is 494 g/mol. The minimum Gasteiger partial charge on any atom is -0.484 e. The standard InChI is InChI=1S/C23H14F6N4O3/c24-22(25,26)16-6-2-4-13(8-16)12-3-1-5-14(7-12)17-9-15(21(34)35)10-18(23(27,28)29)20(17)36-11-19-30-32-33-31-19/h1-10H,11H2,(H,34,35)(H,30,31,32,33). The van der Waals surface area contributed by atoms with Crippen molar-refractivity contribution in [2.45, 2.75) is 19.0 Å². The van der Waals surface area contributed by atoms with Crippen LogP contribution in [0.15, 0.2) is 60.7 Å². The lowest BCUT2D eigenvalue weighted by molar-refractivity contribution is -0.139. The van der Waals surface area contributed by atoms with Crippen LogP contribution >= 0.6 is 0 Å². The first-order valence-electron chi connectivity index (χ1n) is 10.0. The van der Waals surface area contributed by atoms with E-state index in [0.717, 1.165) is 18.2 Å². The average Bonchev–Trinajstić information content (AvgIpc) is 3.35. The number of hydrogen-bond donors (Lipinski definition) is 2. The quantitative estimate of drug-likeness (QED) is 0.317. The van der Waals surface area contributed by atoms with Gasteiger partial charge in [-0.25, -0.2) is 4.79 Å². The van der Waals surface area contributed by atoms with Crippen molar-refractivity contribution in [2.24, 2.45) is 0 Å². The maximum atomic E-state index is 13.9. The summed E-state index contributed by atoms with van der Waals surface area (Å²) in [4.78, 5) is 11.6. The second-order valence-corrected chi connectivity index (χ2v) is 7.48. The zero-order chi connectivity index (χ0) is 26.1. The van der Waals surface area contributed by atoms with Crippen LogP contribution in [0.2, 0.25) is 0 Å². The van der Waals surface area contributed by atoms with Crippen molar-refractivity contribution in [3.63, 3.8) is 0 Å². The Kier molecular flexibility index (Phi) is 6.39. The number of aromatic amines is 1. The fourth-order valence-electron chi connectivity index (χ4n) is 3.45. The minimum atomic E-state index is -4.99. The van der Waals surface area contributed by atoms with Crippen molar-refractivity contribution in [2.75, 3.05) is 0 Å². The highest BCUT2D eigenvalue weighted by Gasteiger charge is 2.37. The SMILES string of the molecule is O=C(O)c1cc(-c2cccc(-c3cccc(C(F)(F)F)c3)c2)c(OCc2nn[nH]n2)c(C(F)(F)F)c1. The van der Waals surface area contributed by atoms with Crippen molar-refractivity contribution >= 4 is 5.97 Å². The minimum absolute atomic E-state index is 0.0610. The van der Waals surface area contributed by atoms with Gasteiger partial charge < -0.3 is 9.84 Å². The summed E-state index contributed by atoms with van der Waals surface area (Å²) in [6, 6.07) is 11.5. The summed E-state index contributed by atoms with van der Waals surface area (Å²) in [5.41, 5.74) is -2.65. The van der Waals surface area contributed by atoms with Gasteiger partial charge in [-0.05, 0) is 47.0 Å². The van der Waals surface area contributed by atoms with Gasteiger partial charge in [-0.1, -0.05) is 35.5 Å². The molecule has 4 rings (SSSR count). The second kappa shape index (κ2) is 9.32. The number of hydrogen-bond acceptors (Lipinski definition) is 5. The van der Waals surface area contributed by atoms with Crippen LogP contribution in [0.3, 0.4) is 0 Å². The summed E-state index contributed by atoms with van der Waals surface area (Å²) in [5, 5.41) is 22.1. The Hall–Kier alpha value is -4.42. The van der Waals surface area contributed by atoms with Crippen LogP contribution < -0.4 is 4.74 Å². The Morgan fingerprint density at radius 1 is 0.889 bits per heavy atom. The normalized spacial score (nSPS) is 11.9. The molecule has 0 aliphatic carbocycles. The predicted molar refractivity (Wildman–Crippen MR) is 113 cm³/mol. The van der Waals surface area contributed by atoms with Crippen molar-refractivity contribution < 1.29 is 41.0 Å². The van der Waals surface area contributed by atoms with E-state index in [4.69, 9.17) is 4.74 Å². The molecule has 0 saturated carbocycles. The third-order valence-corrected chi connectivity index (χ3v) is 5.07. The van der Waals surface area contributed by atoms with E-state index >= 15 is 0 Å². The molecule has 0 aliphatic heterocycles. The van der Waals surface area contributed by atoms with Gasteiger partial charge in [-0.15, -0.1) is 10.2 Å². The highest BCUT2D eigenvalue weighted by molar-refractivity contribution is 5.92. The van der Waals surface area contributed by atoms with E-state index in [1.165, 1.54) is 36.4 Å². The number of ether oxygens (including phenoxy) is 1. The molecule has 0 saturated heterocycles. The molecule has 0 fully saturated rings. The molecule has 0 radical (unpaired) electrons.